The number of ether oxygens (including phenoxy) is 1. The van der Waals surface area contributed by atoms with Crippen molar-refractivity contribution in [2.24, 2.45) is 5.92 Å². The molecule has 1 aliphatic rings. The standard InChI is InChI=1S/C12H17NO/c1-9(13-2)11-7-10-5-3-4-6-12(10)14-8-11/h3-6,9,11,13H,7-8H2,1-2H3. The number of hydrogen-bond donors (Lipinski definition) is 1. The summed E-state index contributed by atoms with van der Waals surface area (Å²) in [6.45, 7) is 3.04. The third-order valence-corrected chi connectivity index (χ3v) is 3.07. The van der Waals surface area contributed by atoms with E-state index >= 15 is 0 Å². The number of rotatable bonds is 2. The molecule has 1 aromatic carbocycles. The number of fused-ring (bicyclic) bond motifs is 1. The van der Waals surface area contributed by atoms with E-state index in [0.717, 1.165) is 18.8 Å². The van der Waals surface area contributed by atoms with Crippen LogP contribution in [0.1, 0.15) is 12.5 Å². The van der Waals surface area contributed by atoms with Crippen molar-refractivity contribution in [3.05, 3.63) is 29.8 Å². The minimum Gasteiger partial charge on any atom is -0.493 e. The van der Waals surface area contributed by atoms with Crippen molar-refractivity contribution < 1.29 is 4.74 Å². The van der Waals surface area contributed by atoms with E-state index in [0.29, 0.717) is 12.0 Å². The first-order valence-corrected chi connectivity index (χ1v) is 5.19. The molecule has 0 spiro atoms. The zero-order chi connectivity index (χ0) is 9.97. The van der Waals surface area contributed by atoms with Crippen LogP contribution in [-0.2, 0) is 6.42 Å². The van der Waals surface area contributed by atoms with Crippen LogP contribution in [0.2, 0.25) is 0 Å². The fraction of sp³-hybridized carbons (Fsp3) is 0.500. The summed E-state index contributed by atoms with van der Waals surface area (Å²) in [4.78, 5) is 0. The summed E-state index contributed by atoms with van der Waals surface area (Å²) in [5.74, 6) is 1.65. The van der Waals surface area contributed by atoms with Crippen molar-refractivity contribution in [3.63, 3.8) is 0 Å². The van der Waals surface area contributed by atoms with Crippen LogP contribution >= 0.6 is 0 Å². The normalized spacial score (nSPS) is 22.3. The summed E-state index contributed by atoms with van der Waals surface area (Å²) in [6, 6.07) is 8.83. The highest BCUT2D eigenvalue weighted by Gasteiger charge is 2.23. The average molecular weight is 191 g/mol. The first kappa shape index (κ1) is 9.53. The van der Waals surface area contributed by atoms with Crippen LogP contribution in [0.3, 0.4) is 0 Å². The molecule has 76 valence electrons. The topological polar surface area (TPSA) is 21.3 Å². The van der Waals surface area contributed by atoms with Gasteiger partial charge >= 0.3 is 0 Å². The second-order valence-electron chi connectivity index (χ2n) is 3.96. The Bertz CT molecular complexity index is 311. The fourth-order valence-electron chi connectivity index (χ4n) is 1.91. The van der Waals surface area contributed by atoms with E-state index in [-0.39, 0.29) is 0 Å². The Labute approximate surface area is 85.3 Å². The maximum atomic E-state index is 5.72. The third-order valence-electron chi connectivity index (χ3n) is 3.07. The zero-order valence-corrected chi connectivity index (χ0v) is 8.79. The minimum absolute atomic E-state index is 0.517. The molecular weight excluding hydrogens is 174 g/mol. The van der Waals surface area contributed by atoms with Crippen molar-refractivity contribution in [2.75, 3.05) is 13.7 Å². The molecule has 0 bridgehead atoms. The summed E-state index contributed by atoms with van der Waals surface area (Å²) < 4.78 is 5.72. The Kier molecular flexibility index (Phi) is 2.73. The molecule has 2 heteroatoms. The predicted molar refractivity (Wildman–Crippen MR) is 57.7 cm³/mol. The summed E-state index contributed by atoms with van der Waals surface area (Å²) in [6.07, 6.45) is 1.12. The van der Waals surface area contributed by atoms with Crippen molar-refractivity contribution in [1.82, 2.24) is 5.32 Å². The van der Waals surface area contributed by atoms with Gasteiger partial charge in [0.15, 0.2) is 0 Å². The molecule has 2 rings (SSSR count). The van der Waals surface area contributed by atoms with Gasteiger partial charge in [0, 0.05) is 12.0 Å². The Morgan fingerprint density at radius 2 is 2.21 bits per heavy atom. The van der Waals surface area contributed by atoms with Crippen LogP contribution in [0.15, 0.2) is 24.3 Å². The maximum Gasteiger partial charge on any atom is 0.122 e. The SMILES string of the molecule is CNC(C)C1COc2ccccc2C1. The van der Waals surface area contributed by atoms with Gasteiger partial charge in [-0.1, -0.05) is 18.2 Å². The van der Waals surface area contributed by atoms with Crippen LogP contribution in [0, 0.1) is 5.92 Å². The minimum atomic E-state index is 0.517. The van der Waals surface area contributed by atoms with Gasteiger partial charge < -0.3 is 10.1 Å². The Balaban J connectivity index is 2.13. The first-order valence-electron chi connectivity index (χ1n) is 5.19. The molecule has 0 radical (unpaired) electrons. The number of para-hydroxylation sites is 1. The number of nitrogens with one attached hydrogen (secondary N) is 1. The van der Waals surface area contributed by atoms with Crippen molar-refractivity contribution in [3.8, 4) is 5.75 Å². The molecule has 0 aromatic heterocycles. The number of benzene rings is 1. The van der Waals surface area contributed by atoms with E-state index in [4.69, 9.17) is 4.74 Å². The van der Waals surface area contributed by atoms with E-state index in [2.05, 4.69) is 30.4 Å². The molecule has 0 saturated heterocycles. The second kappa shape index (κ2) is 4.01. The summed E-state index contributed by atoms with van der Waals surface area (Å²) in [7, 11) is 2.01. The van der Waals surface area contributed by atoms with Gasteiger partial charge in [-0.15, -0.1) is 0 Å². The predicted octanol–water partition coefficient (Wildman–Crippen LogP) is 1.85. The van der Waals surface area contributed by atoms with Gasteiger partial charge in [0.2, 0.25) is 0 Å². The van der Waals surface area contributed by atoms with Crippen LogP contribution in [0.4, 0.5) is 0 Å². The molecule has 14 heavy (non-hydrogen) atoms. The van der Waals surface area contributed by atoms with Gasteiger partial charge in [-0.05, 0) is 32.0 Å². The summed E-state index contributed by atoms with van der Waals surface area (Å²) >= 11 is 0. The molecule has 2 atom stereocenters. The van der Waals surface area contributed by atoms with E-state index < -0.39 is 0 Å². The zero-order valence-electron chi connectivity index (χ0n) is 8.79. The highest BCUT2D eigenvalue weighted by atomic mass is 16.5. The molecule has 2 unspecified atom stereocenters. The maximum absolute atomic E-state index is 5.72. The van der Waals surface area contributed by atoms with Crippen molar-refractivity contribution in [1.29, 1.82) is 0 Å². The Hall–Kier alpha value is -1.02. The average Bonchev–Trinajstić information content (AvgIpc) is 2.27. The molecular formula is C12H17NO. The smallest absolute Gasteiger partial charge is 0.122 e. The van der Waals surface area contributed by atoms with Gasteiger partial charge in [0.25, 0.3) is 0 Å². The Morgan fingerprint density at radius 3 is 3.00 bits per heavy atom. The molecule has 0 aliphatic carbocycles. The van der Waals surface area contributed by atoms with E-state index in [1.54, 1.807) is 0 Å². The molecule has 1 heterocycles. The summed E-state index contributed by atoms with van der Waals surface area (Å²) in [5.41, 5.74) is 1.34. The molecule has 1 aliphatic heterocycles. The molecule has 1 aromatic rings. The third kappa shape index (κ3) is 1.75. The van der Waals surface area contributed by atoms with Gasteiger partial charge in [-0.25, -0.2) is 0 Å². The quantitative estimate of drug-likeness (QED) is 0.770. The fourth-order valence-corrected chi connectivity index (χ4v) is 1.91. The van der Waals surface area contributed by atoms with Crippen LogP contribution in [0.5, 0.6) is 5.75 Å². The van der Waals surface area contributed by atoms with Gasteiger partial charge in [0.1, 0.15) is 5.75 Å². The highest BCUT2D eigenvalue weighted by Crippen LogP contribution is 2.27. The van der Waals surface area contributed by atoms with Gasteiger partial charge in [0.05, 0.1) is 6.61 Å². The van der Waals surface area contributed by atoms with E-state index in [1.807, 2.05) is 13.1 Å². The van der Waals surface area contributed by atoms with Crippen LogP contribution < -0.4 is 10.1 Å². The summed E-state index contributed by atoms with van der Waals surface area (Å²) in [5, 5.41) is 3.29. The van der Waals surface area contributed by atoms with E-state index in [9.17, 15) is 0 Å². The monoisotopic (exact) mass is 191 g/mol. The highest BCUT2D eigenvalue weighted by molar-refractivity contribution is 5.35. The van der Waals surface area contributed by atoms with Gasteiger partial charge in [-0.2, -0.15) is 0 Å². The largest absolute Gasteiger partial charge is 0.493 e. The lowest BCUT2D eigenvalue weighted by atomic mass is 9.91. The lowest BCUT2D eigenvalue weighted by Gasteiger charge is -2.29. The van der Waals surface area contributed by atoms with Gasteiger partial charge in [-0.3, -0.25) is 0 Å². The number of hydrogen-bond acceptors (Lipinski definition) is 2. The lowest BCUT2D eigenvalue weighted by Crippen LogP contribution is -2.37. The van der Waals surface area contributed by atoms with E-state index in [1.165, 1.54) is 5.56 Å². The molecule has 0 saturated carbocycles. The van der Waals surface area contributed by atoms with Crippen LogP contribution in [0.25, 0.3) is 0 Å². The second-order valence-corrected chi connectivity index (χ2v) is 3.96. The van der Waals surface area contributed by atoms with Crippen molar-refractivity contribution in [2.45, 2.75) is 19.4 Å². The molecule has 0 amide bonds. The lowest BCUT2D eigenvalue weighted by molar-refractivity contribution is 0.194. The first-order chi connectivity index (χ1) is 6.81. The molecule has 2 nitrogen and oxygen atoms in total. The molecule has 1 N–H and O–H groups in total. The molecule has 0 fully saturated rings. The van der Waals surface area contributed by atoms with Crippen molar-refractivity contribution >= 4 is 0 Å². The Morgan fingerprint density at radius 1 is 1.43 bits per heavy atom. The van der Waals surface area contributed by atoms with Crippen LogP contribution in [-0.4, -0.2) is 19.7 Å².